The third kappa shape index (κ3) is 1.64. The van der Waals surface area contributed by atoms with Crippen LogP contribution in [0.4, 0.5) is 0 Å². The van der Waals surface area contributed by atoms with E-state index in [1.54, 1.807) is 20.3 Å². The van der Waals surface area contributed by atoms with Gasteiger partial charge >= 0.3 is 0 Å². The molecular weight excluding hydrogens is 141 g/mol. The summed E-state index contributed by atoms with van der Waals surface area (Å²) >= 11 is 0. The molecule has 1 rings (SSSR count). The molecule has 0 unspecified atom stereocenters. The lowest BCUT2D eigenvalue weighted by Crippen LogP contribution is -2.09. The Labute approximate surface area is 66.8 Å². The van der Waals surface area contributed by atoms with Crippen molar-refractivity contribution < 1.29 is 9.47 Å². The fourth-order valence-electron chi connectivity index (χ4n) is 0.813. The fraction of sp³-hybridized carbons (Fsp3) is 0.286. The normalized spacial score (nSPS) is 9.27. The highest BCUT2D eigenvalue weighted by molar-refractivity contribution is 6.33. The van der Waals surface area contributed by atoms with E-state index in [2.05, 4.69) is 4.98 Å². The molecule has 0 radical (unpaired) electrons. The number of nitrogens with zero attached hydrogens (tertiary/aromatic N) is 1. The number of methoxy groups -OCH3 is 2. The van der Waals surface area contributed by atoms with E-state index in [0.29, 0.717) is 11.8 Å². The van der Waals surface area contributed by atoms with Crippen LogP contribution in [0.3, 0.4) is 0 Å². The maximum absolute atomic E-state index is 5.00. The Morgan fingerprint density at radius 3 is 2.55 bits per heavy atom. The van der Waals surface area contributed by atoms with Gasteiger partial charge in [0.25, 0.3) is 0 Å². The van der Waals surface area contributed by atoms with E-state index in [1.807, 2.05) is 13.9 Å². The Morgan fingerprint density at radius 2 is 2.00 bits per heavy atom. The van der Waals surface area contributed by atoms with Crippen LogP contribution in [0.15, 0.2) is 12.1 Å². The molecule has 1 aromatic heterocycles. The summed E-state index contributed by atoms with van der Waals surface area (Å²) < 4.78 is 9.92. The number of hydrogen-bond donors (Lipinski definition) is 0. The molecule has 4 heteroatoms. The third-order valence-electron chi connectivity index (χ3n) is 1.43. The van der Waals surface area contributed by atoms with Gasteiger partial charge in [0.15, 0.2) is 0 Å². The summed E-state index contributed by atoms with van der Waals surface area (Å²) in [4.78, 5) is 4.06. The van der Waals surface area contributed by atoms with E-state index in [4.69, 9.17) is 9.47 Å². The molecule has 0 saturated carbocycles. The average Bonchev–Trinajstić information content (AvgIpc) is 2.05. The molecular formula is C7H10BNO2. The van der Waals surface area contributed by atoms with Crippen LogP contribution in [-0.2, 0) is 0 Å². The second-order valence-corrected chi connectivity index (χ2v) is 2.18. The molecule has 11 heavy (non-hydrogen) atoms. The lowest BCUT2D eigenvalue weighted by Gasteiger charge is -2.04. The molecule has 0 bridgehead atoms. The van der Waals surface area contributed by atoms with E-state index in [1.165, 1.54) is 0 Å². The molecule has 0 fully saturated rings. The van der Waals surface area contributed by atoms with E-state index >= 15 is 0 Å². The van der Waals surface area contributed by atoms with Gasteiger partial charge in [-0.1, -0.05) is 6.07 Å². The summed E-state index contributed by atoms with van der Waals surface area (Å²) in [5, 5.41) is 0. The molecule has 58 valence electrons. The Bertz CT molecular complexity index is 252. The molecule has 3 nitrogen and oxygen atoms in total. The summed E-state index contributed by atoms with van der Waals surface area (Å²) in [5.41, 5.74) is 1.01. The van der Waals surface area contributed by atoms with Crippen molar-refractivity contribution in [3.05, 3.63) is 12.1 Å². The van der Waals surface area contributed by atoms with E-state index in [-0.39, 0.29) is 0 Å². The first-order chi connectivity index (χ1) is 5.27. The predicted octanol–water partition coefficient (Wildman–Crippen LogP) is -0.643. The molecule has 0 spiro atoms. The average molecular weight is 151 g/mol. The third-order valence-corrected chi connectivity index (χ3v) is 1.43. The lowest BCUT2D eigenvalue weighted by atomic mass is 9.98. The monoisotopic (exact) mass is 151 g/mol. The Kier molecular flexibility index (Phi) is 2.36. The van der Waals surface area contributed by atoms with Crippen LogP contribution in [0.5, 0.6) is 11.8 Å². The highest BCUT2D eigenvalue weighted by Gasteiger charge is 2.00. The molecule has 1 aromatic rings. The first-order valence-electron chi connectivity index (χ1n) is 3.33. The SMILES string of the molecule is Bc1ccc(OC)nc1OC. The zero-order valence-corrected chi connectivity index (χ0v) is 6.92. The molecule has 0 aliphatic carbocycles. The Balaban J connectivity index is 3.02. The maximum Gasteiger partial charge on any atom is 0.216 e. The van der Waals surface area contributed by atoms with Gasteiger partial charge in [0.05, 0.1) is 14.2 Å². The van der Waals surface area contributed by atoms with E-state index < -0.39 is 0 Å². The van der Waals surface area contributed by atoms with Crippen molar-refractivity contribution in [2.24, 2.45) is 0 Å². The zero-order valence-electron chi connectivity index (χ0n) is 6.92. The highest BCUT2D eigenvalue weighted by Crippen LogP contribution is 2.08. The summed E-state index contributed by atoms with van der Waals surface area (Å²) in [7, 11) is 5.11. The van der Waals surface area contributed by atoms with Crippen LogP contribution in [0, 0.1) is 0 Å². The zero-order chi connectivity index (χ0) is 8.27. The molecule has 0 atom stereocenters. The van der Waals surface area contributed by atoms with Crippen molar-refractivity contribution in [2.75, 3.05) is 14.2 Å². The number of ether oxygens (including phenoxy) is 2. The van der Waals surface area contributed by atoms with Crippen LogP contribution in [0.1, 0.15) is 0 Å². The van der Waals surface area contributed by atoms with Gasteiger partial charge in [-0.05, 0) is 11.5 Å². The minimum Gasteiger partial charge on any atom is -0.481 e. The summed E-state index contributed by atoms with van der Waals surface area (Å²) in [6, 6.07) is 3.71. The molecule has 0 aromatic carbocycles. The van der Waals surface area contributed by atoms with Crippen molar-refractivity contribution in [3.63, 3.8) is 0 Å². The van der Waals surface area contributed by atoms with Gasteiger partial charge in [-0.15, -0.1) is 0 Å². The molecule has 0 amide bonds. The standard InChI is InChI=1S/C7H10BNO2/c1-10-6-4-3-5(8)7(9-6)11-2/h3-4H,8H2,1-2H3. The second kappa shape index (κ2) is 3.28. The minimum absolute atomic E-state index is 0.576. The van der Waals surface area contributed by atoms with Crippen molar-refractivity contribution >= 4 is 13.3 Å². The Morgan fingerprint density at radius 1 is 1.27 bits per heavy atom. The molecule has 0 saturated heterocycles. The van der Waals surface area contributed by atoms with Crippen LogP contribution < -0.4 is 14.9 Å². The lowest BCUT2D eigenvalue weighted by molar-refractivity contribution is 0.367. The molecule has 1 heterocycles. The number of rotatable bonds is 2. The van der Waals surface area contributed by atoms with Gasteiger partial charge in [0.1, 0.15) is 7.85 Å². The smallest absolute Gasteiger partial charge is 0.216 e. The maximum atomic E-state index is 5.00. The predicted molar refractivity (Wildman–Crippen MR) is 45.5 cm³/mol. The summed E-state index contributed by atoms with van der Waals surface area (Å²) in [5.74, 6) is 1.19. The highest BCUT2D eigenvalue weighted by atomic mass is 16.5. The van der Waals surface area contributed by atoms with Crippen molar-refractivity contribution in [1.82, 2.24) is 4.98 Å². The van der Waals surface area contributed by atoms with Crippen LogP contribution in [0.25, 0.3) is 0 Å². The summed E-state index contributed by atoms with van der Waals surface area (Å²) in [6.07, 6.45) is 0. The van der Waals surface area contributed by atoms with Crippen LogP contribution >= 0.6 is 0 Å². The van der Waals surface area contributed by atoms with Crippen molar-refractivity contribution in [1.29, 1.82) is 0 Å². The molecule has 0 aliphatic rings. The van der Waals surface area contributed by atoms with Crippen LogP contribution in [0.2, 0.25) is 0 Å². The fourth-order valence-corrected chi connectivity index (χ4v) is 0.813. The van der Waals surface area contributed by atoms with E-state index in [0.717, 1.165) is 5.46 Å². The largest absolute Gasteiger partial charge is 0.481 e. The number of hydrogen-bond acceptors (Lipinski definition) is 3. The van der Waals surface area contributed by atoms with Crippen molar-refractivity contribution in [2.45, 2.75) is 0 Å². The van der Waals surface area contributed by atoms with Gasteiger partial charge < -0.3 is 9.47 Å². The van der Waals surface area contributed by atoms with Crippen LogP contribution in [-0.4, -0.2) is 27.0 Å². The quantitative estimate of drug-likeness (QED) is 0.526. The second-order valence-electron chi connectivity index (χ2n) is 2.18. The first kappa shape index (κ1) is 7.92. The number of pyridine rings is 1. The molecule has 0 N–H and O–H groups in total. The van der Waals surface area contributed by atoms with Gasteiger partial charge in [-0.25, -0.2) is 0 Å². The molecule has 0 aliphatic heterocycles. The number of aromatic nitrogens is 1. The Hall–Kier alpha value is -1.19. The van der Waals surface area contributed by atoms with Gasteiger partial charge in [-0.3, -0.25) is 0 Å². The van der Waals surface area contributed by atoms with E-state index in [9.17, 15) is 0 Å². The minimum atomic E-state index is 0.576. The van der Waals surface area contributed by atoms with Crippen molar-refractivity contribution in [3.8, 4) is 11.8 Å². The van der Waals surface area contributed by atoms with Gasteiger partial charge in [0, 0.05) is 0 Å². The summed E-state index contributed by atoms with van der Waals surface area (Å²) in [6.45, 7) is 0. The van der Waals surface area contributed by atoms with Gasteiger partial charge in [0.2, 0.25) is 11.8 Å². The first-order valence-corrected chi connectivity index (χ1v) is 3.33. The topological polar surface area (TPSA) is 31.4 Å². The van der Waals surface area contributed by atoms with Gasteiger partial charge in [-0.2, -0.15) is 4.98 Å².